The number of nitrogens with one attached hydrogen (secondary N) is 1. The van der Waals surface area contributed by atoms with E-state index in [1.807, 2.05) is 11.9 Å². The van der Waals surface area contributed by atoms with Crippen LogP contribution >= 0.6 is 0 Å². The summed E-state index contributed by atoms with van der Waals surface area (Å²) in [5, 5.41) is 12.4. The molecule has 0 aromatic heterocycles. The fraction of sp³-hybridized carbons (Fsp3) is 1.00. The van der Waals surface area contributed by atoms with Crippen LogP contribution in [0.25, 0.3) is 0 Å². The van der Waals surface area contributed by atoms with Crippen molar-refractivity contribution in [3.63, 3.8) is 0 Å². The van der Waals surface area contributed by atoms with Crippen molar-refractivity contribution in [2.45, 2.75) is 31.5 Å². The van der Waals surface area contributed by atoms with Crippen LogP contribution in [-0.2, 0) is 0 Å². The molecule has 13 heavy (non-hydrogen) atoms. The van der Waals surface area contributed by atoms with E-state index in [1.54, 1.807) is 6.82 Å². The van der Waals surface area contributed by atoms with Gasteiger partial charge in [0.15, 0.2) is 0 Å². The monoisotopic (exact) mass is 186 g/mol. The van der Waals surface area contributed by atoms with Gasteiger partial charge in [0.1, 0.15) is 6.17 Å². The van der Waals surface area contributed by atoms with Gasteiger partial charge in [-0.1, -0.05) is 0 Å². The Hall–Kier alpha value is -0.125. The third-order valence-corrected chi connectivity index (χ3v) is 3.45. The van der Waals surface area contributed by atoms with Crippen molar-refractivity contribution in [3.05, 3.63) is 0 Å². The first-order chi connectivity index (χ1) is 6.15. The molecule has 3 nitrogen and oxygen atoms in total. The van der Waals surface area contributed by atoms with E-state index in [2.05, 4.69) is 5.32 Å². The van der Waals surface area contributed by atoms with Gasteiger partial charge in [-0.25, -0.2) is 4.39 Å². The zero-order chi connectivity index (χ0) is 9.59. The average molecular weight is 186 g/mol. The minimum absolute atomic E-state index is 0.000000000000000222. The van der Waals surface area contributed by atoms with E-state index in [-0.39, 0.29) is 12.1 Å². The number of nitrogens with zero attached hydrogens (tertiary/aromatic N) is 1. The summed E-state index contributed by atoms with van der Waals surface area (Å²) in [5.41, 5.74) is 0. The van der Waals surface area contributed by atoms with Crippen molar-refractivity contribution in [2.24, 2.45) is 5.92 Å². The largest absolute Gasteiger partial charge is 0.437 e. The first-order valence-electron chi connectivity index (χ1n) is 4.90. The van der Waals surface area contributed by atoms with Crippen molar-refractivity contribution >= 4 is 7.05 Å². The zero-order valence-electron chi connectivity index (χ0n) is 8.07. The van der Waals surface area contributed by atoms with Crippen LogP contribution in [0.3, 0.4) is 0 Å². The van der Waals surface area contributed by atoms with E-state index in [0.717, 1.165) is 13.0 Å². The lowest BCUT2D eigenvalue weighted by Crippen LogP contribution is -2.55. The van der Waals surface area contributed by atoms with Crippen molar-refractivity contribution in [2.75, 3.05) is 13.6 Å². The van der Waals surface area contributed by atoms with Crippen molar-refractivity contribution < 1.29 is 9.41 Å². The van der Waals surface area contributed by atoms with Gasteiger partial charge in [-0.3, -0.25) is 0 Å². The van der Waals surface area contributed by atoms with Gasteiger partial charge >= 0.3 is 7.05 Å². The summed E-state index contributed by atoms with van der Waals surface area (Å²) >= 11 is 0. The predicted octanol–water partition coefficient (Wildman–Crippen LogP) is -0.273. The first kappa shape index (κ1) is 9.43. The lowest BCUT2D eigenvalue weighted by Gasteiger charge is -2.34. The van der Waals surface area contributed by atoms with Gasteiger partial charge in [-0.2, -0.15) is 0 Å². The molecule has 1 aliphatic carbocycles. The van der Waals surface area contributed by atoms with Crippen LogP contribution in [0.15, 0.2) is 0 Å². The number of rotatable bonds is 2. The second-order valence-electron chi connectivity index (χ2n) is 4.15. The number of hydrogen-bond acceptors (Lipinski definition) is 3. The van der Waals surface area contributed by atoms with Crippen LogP contribution in [-0.4, -0.2) is 48.7 Å². The first-order valence-corrected chi connectivity index (χ1v) is 4.90. The van der Waals surface area contributed by atoms with Crippen LogP contribution in [0.2, 0.25) is 6.82 Å². The van der Waals surface area contributed by atoms with E-state index in [9.17, 15) is 9.41 Å². The highest BCUT2D eigenvalue weighted by Gasteiger charge is 2.53. The molecule has 0 amide bonds. The third-order valence-electron chi connectivity index (χ3n) is 3.45. The summed E-state index contributed by atoms with van der Waals surface area (Å²) in [6, 6.07) is -0.0672. The Morgan fingerprint density at radius 1 is 1.62 bits per heavy atom. The highest BCUT2D eigenvalue weighted by molar-refractivity contribution is 6.45. The maximum Gasteiger partial charge on any atom is 0.376 e. The van der Waals surface area contributed by atoms with Crippen molar-refractivity contribution in [3.8, 4) is 0 Å². The Kier molecular flexibility index (Phi) is 2.34. The maximum atomic E-state index is 13.7. The zero-order valence-corrected chi connectivity index (χ0v) is 8.07. The van der Waals surface area contributed by atoms with Gasteiger partial charge in [0.05, 0.1) is 0 Å². The number of fused-ring (bicyclic) bond motifs is 2. The van der Waals surface area contributed by atoms with E-state index < -0.39 is 13.2 Å². The summed E-state index contributed by atoms with van der Waals surface area (Å²) in [6.45, 7) is 2.54. The average Bonchev–Trinajstić information content (AvgIpc) is 2.60. The molecule has 2 aliphatic rings. The van der Waals surface area contributed by atoms with Crippen molar-refractivity contribution in [1.29, 1.82) is 0 Å². The Labute approximate surface area is 78.4 Å². The second kappa shape index (κ2) is 3.22. The molecule has 1 saturated heterocycles. The molecule has 2 bridgehead atoms. The molecule has 0 aromatic rings. The molecule has 2 rings (SSSR count). The molecular formula is C8H16BFN2O. The quantitative estimate of drug-likeness (QED) is 0.582. The molecule has 0 aromatic carbocycles. The SMILES string of the molecule is CN[C@H]1C2CC([C@@H]1F)N(B(C)O)C2. The van der Waals surface area contributed by atoms with E-state index >= 15 is 0 Å². The standard InChI is InChI=1S/C8H16BFN2O/c1-9(13)12-4-5-3-6(12)7(10)8(5)11-2/h5-8,11,13H,3-4H2,1-2H3/t5?,6?,7-,8-/m0/s1. The smallest absolute Gasteiger partial charge is 0.376 e. The second-order valence-corrected chi connectivity index (χ2v) is 4.15. The molecule has 4 atom stereocenters. The highest BCUT2D eigenvalue weighted by Crippen LogP contribution is 2.39. The summed E-state index contributed by atoms with van der Waals surface area (Å²) in [4.78, 5) is 1.86. The van der Waals surface area contributed by atoms with E-state index in [1.165, 1.54) is 0 Å². The molecule has 2 fully saturated rings. The van der Waals surface area contributed by atoms with Crippen LogP contribution in [0, 0.1) is 5.92 Å². The van der Waals surface area contributed by atoms with Gasteiger partial charge < -0.3 is 15.2 Å². The number of halogens is 1. The topological polar surface area (TPSA) is 35.5 Å². The van der Waals surface area contributed by atoms with Gasteiger partial charge in [0.2, 0.25) is 0 Å². The minimum atomic E-state index is -0.821. The Balaban J connectivity index is 2.08. The number of alkyl halides is 1. The molecule has 1 heterocycles. The summed E-state index contributed by atoms with van der Waals surface area (Å²) in [6.07, 6.45) is 0.0655. The number of piperidine rings is 1. The molecule has 2 N–H and O–H groups in total. The highest BCUT2D eigenvalue weighted by atomic mass is 19.1. The molecule has 1 saturated carbocycles. The molecule has 74 valence electrons. The lowest BCUT2D eigenvalue weighted by atomic mass is 9.82. The maximum absolute atomic E-state index is 13.7. The van der Waals surface area contributed by atoms with Crippen LogP contribution in [0.1, 0.15) is 6.42 Å². The van der Waals surface area contributed by atoms with Gasteiger partial charge in [0.25, 0.3) is 0 Å². The van der Waals surface area contributed by atoms with E-state index in [0.29, 0.717) is 5.92 Å². The summed E-state index contributed by atoms with van der Waals surface area (Å²) in [5.74, 6) is 0.375. The lowest BCUT2D eigenvalue weighted by molar-refractivity contribution is 0.138. The molecule has 0 spiro atoms. The van der Waals surface area contributed by atoms with Gasteiger partial charge in [-0.05, 0) is 32.8 Å². The Morgan fingerprint density at radius 2 is 2.31 bits per heavy atom. The van der Waals surface area contributed by atoms with Crippen LogP contribution in [0.5, 0.6) is 0 Å². The van der Waals surface area contributed by atoms with Gasteiger partial charge in [-0.15, -0.1) is 0 Å². The number of hydrogen-bond donors (Lipinski definition) is 2. The summed E-state index contributed by atoms with van der Waals surface area (Å²) in [7, 11) is 1.30. The fourth-order valence-corrected chi connectivity index (χ4v) is 2.82. The normalized spacial score (nSPS) is 44.3. The fourth-order valence-electron chi connectivity index (χ4n) is 2.82. The summed E-state index contributed by atoms with van der Waals surface area (Å²) < 4.78 is 13.7. The molecule has 0 radical (unpaired) electrons. The van der Waals surface area contributed by atoms with E-state index in [4.69, 9.17) is 0 Å². The predicted molar refractivity (Wildman–Crippen MR) is 50.2 cm³/mol. The van der Waals surface area contributed by atoms with Crippen molar-refractivity contribution in [1.82, 2.24) is 10.1 Å². The molecule has 5 heteroatoms. The molecule has 2 unspecified atom stereocenters. The molecular weight excluding hydrogens is 170 g/mol. The minimum Gasteiger partial charge on any atom is -0.437 e. The van der Waals surface area contributed by atoms with Gasteiger partial charge in [0, 0.05) is 12.1 Å². The Bertz CT molecular complexity index is 203. The third kappa shape index (κ3) is 1.30. The van der Waals surface area contributed by atoms with Crippen LogP contribution < -0.4 is 5.32 Å². The Morgan fingerprint density at radius 3 is 2.77 bits per heavy atom. The van der Waals surface area contributed by atoms with Crippen LogP contribution in [0.4, 0.5) is 4.39 Å². The molecule has 1 aliphatic heterocycles.